The zero-order chi connectivity index (χ0) is 19.6. The zero-order valence-electron chi connectivity index (χ0n) is 14.3. The molecule has 1 saturated carbocycles. The predicted octanol–water partition coefficient (Wildman–Crippen LogP) is 1.94. The number of hydrogen-bond donors (Lipinski definition) is 3. The smallest absolute Gasteiger partial charge is 0.240 e. The standard InChI is InChI=1S/C18H19F2N3O3S/c19-11-4-5-14(17(20)8-11)15-10-16(15)18(24)23-12-2-1-3-13(9-12)27(25,26)22-7-6-21/h1-5,8-9,15-16,22H,6-7,10,21H2,(H,23,24). The lowest BCUT2D eigenvalue weighted by Gasteiger charge is -2.09. The molecule has 6 nitrogen and oxygen atoms in total. The summed E-state index contributed by atoms with van der Waals surface area (Å²) < 4.78 is 53.4. The van der Waals surface area contributed by atoms with Gasteiger partial charge in [-0.15, -0.1) is 0 Å². The van der Waals surface area contributed by atoms with Crippen LogP contribution in [0.4, 0.5) is 14.5 Å². The maximum atomic E-state index is 13.8. The lowest BCUT2D eigenvalue weighted by molar-refractivity contribution is -0.117. The van der Waals surface area contributed by atoms with Gasteiger partial charge in [-0.1, -0.05) is 12.1 Å². The van der Waals surface area contributed by atoms with Crippen molar-refractivity contribution in [3.05, 3.63) is 59.7 Å². The highest BCUT2D eigenvalue weighted by Crippen LogP contribution is 2.48. The number of sulfonamides is 1. The van der Waals surface area contributed by atoms with Crippen molar-refractivity contribution in [3.63, 3.8) is 0 Å². The first-order chi connectivity index (χ1) is 12.8. The van der Waals surface area contributed by atoms with Gasteiger partial charge in [-0.2, -0.15) is 0 Å². The molecule has 27 heavy (non-hydrogen) atoms. The van der Waals surface area contributed by atoms with E-state index in [1.165, 1.54) is 24.3 Å². The van der Waals surface area contributed by atoms with Crippen LogP contribution >= 0.6 is 0 Å². The summed E-state index contributed by atoms with van der Waals surface area (Å²) in [4.78, 5) is 12.4. The van der Waals surface area contributed by atoms with Crippen molar-refractivity contribution in [2.24, 2.45) is 11.7 Å². The van der Waals surface area contributed by atoms with Gasteiger partial charge < -0.3 is 11.1 Å². The van der Waals surface area contributed by atoms with Gasteiger partial charge >= 0.3 is 0 Å². The van der Waals surface area contributed by atoms with E-state index in [-0.39, 0.29) is 29.8 Å². The molecule has 0 radical (unpaired) electrons. The van der Waals surface area contributed by atoms with Gasteiger partial charge in [0.25, 0.3) is 0 Å². The molecular formula is C18H19F2N3O3S. The van der Waals surface area contributed by atoms with Crippen LogP contribution in [0.3, 0.4) is 0 Å². The van der Waals surface area contributed by atoms with E-state index in [1.54, 1.807) is 6.07 Å². The van der Waals surface area contributed by atoms with Crippen molar-refractivity contribution in [1.82, 2.24) is 4.72 Å². The fourth-order valence-electron chi connectivity index (χ4n) is 2.88. The first kappa shape index (κ1) is 19.4. The highest BCUT2D eigenvalue weighted by Gasteiger charge is 2.45. The van der Waals surface area contributed by atoms with Crippen LogP contribution < -0.4 is 15.8 Å². The number of carbonyl (C=O) groups is 1. The molecule has 1 aliphatic rings. The van der Waals surface area contributed by atoms with Gasteiger partial charge in [0.2, 0.25) is 15.9 Å². The van der Waals surface area contributed by atoms with E-state index >= 15 is 0 Å². The van der Waals surface area contributed by atoms with Crippen LogP contribution in [0.1, 0.15) is 17.9 Å². The number of halogens is 2. The molecule has 1 fully saturated rings. The van der Waals surface area contributed by atoms with E-state index in [2.05, 4.69) is 10.0 Å². The molecule has 2 aromatic carbocycles. The van der Waals surface area contributed by atoms with Crippen molar-refractivity contribution >= 4 is 21.6 Å². The van der Waals surface area contributed by atoms with Crippen LogP contribution in [0.2, 0.25) is 0 Å². The summed E-state index contributed by atoms with van der Waals surface area (Å²) in [6.07, 6.45) is 0.449. The van der Waals surface area contributed by atoms with Crippen molar-refractivity contribution < 1.29 is 22.0 Å². The lowest BCUT2D eigenvalue weighted by atomic mass is 10.1. The molecule has 3 rings (SSSR count). The van der Waals surface area contributed by atoms with Crippen LogP contribution in [-0.2, 0) is 14.8 Å². The number of carbonyl (C=O) groups excluding carboxylic acids is 1. The summed E-state index contributed by atoms with van der Waals surface area (Å²) in [5, 5.41) is 2.65. The molecule has 0 saturated heterocycles. The Morgan fingerprint density at radius 2 is 1.96 bits per heavy atom. The Morgan fingerprint density at radius 1 is 1.19 bits per heavy atom. The van der Waals surface area contributed by atoms with Crippen LogP contribution in [0.15, 0.2) is 47.4 Å². The van der Waals surface area contributed by atoms with Crippen molar-refractivity contribution in [1.29, 1.82) is 0 Å². The van der Waals surface area contributed by atoms with E-state index in [0.29, 0.717) is 17.7 Å². The fourth-order valence-corrected chi connectivity index (χ4v) is 3.98. The van der Waals surface area contributed by atoms with E-state index in [9.17, 15) is 22.0 Å². The molecule has 0 aliphatic heterocycles. The molecule has 0 spiro atoms. The Balaban J connectivity index is 1.68. The Morgan fingerprint density at radius 3 is 2.67 bits per heavy atom. The summed E-state index contributed by atoms with van der Waals surface area (Å²) in [6.45, 7) is 0.268. The van der Waals surface area contributed by atoms with Gasteiger partial charge in [-0.3, -0.25) is 4.79 Å². The first-order valence-electron chi connectivity index (χ1n) is 8.37. The van der Waals surface area contributed by atoms with Crippen molar-refractivity contribution in [2.45, 2.75) is 17.2 Å². The molecule has 0 bridgehead atoms. The summed E-state index contributed by atoms with van der Waals surface area (Å²) in [5.74, 6) is -2.44. The minimum atomic E-state index is -3.72. The number of nitrogens with two attached hydrogens (primary N) is 1. The first-order valence-corrected chi connectivity index (χ1v) is 9.86. The highest BCUT2D eigenvalue weighted by atomic mass is 32.2. The molecule has 2 aromatic rings. The second kappa shape index (κ2) is 7.71. The largest absolute Gasteiger partial charge is 0.329 e. The van der Waals surface area contributed by atoms with E-state index < -0.39 is 27.6 Å². The average molecular weight is 395 g/mol. The van der Waals surface area contributed by atoms with E-state index in [1.807, 2.05) is 0 Å². The third-order valence-corrected chi connectivity index (χ3v) is 5.80. The van der Waals surface area contributed by atoms with Gasteiger partial charge in [0.1, 0.15) is 11.6 Å². The predicted molar refractivity (Wildman–Crippen MR) is 96.5 cm³/mol. The Kier molecular flexibility index (Phi) is 5.54. The second-order valence-corrected chi connectivity index (χ2v) is 8.09. The quantitative estimate of drug-likeness (QED) is 0.667. The Labute approximate surface area is 155 Å². The maximum Gasteiger partial charge on any atom is 0.240 e. The summed E-state index contributed by atoms with van der Waals surface area (Å²) in [7, 11) is -3.72. The second-order valence-electron chi connectivity index (χ2n) is 6.32. The molecule has 0 aromatic heterocycles. The monoisotopic (exact) mass is 395 g/mol. The minimum absolute atomic E-state index is 0.00526. The molecule has 9 heteroatoms. The third-order valence-electron chi connectivity index (χ3n) is 4.34. The average Bonchev–Trinajstić information content (AvgIpc) is 3.41. The lowest BCUT2D eigenvalue weighted by Crippen LogP contribution is -2.29. The van der Waals surface area contributed by atoms with Crippen molar-refractivity contribution in [2.75, 3.05) is 18.4 Å². The number of benzene rings is 2. The summed E-state index contributed by atoms with van der Waals surface area (Å²) in [6, 6.07) is 9.12. The molecule has 1 amide bonds. The van der Waals surface area contributed by atoms with Crippen LogP contribution in [0.25, 0.3) is 0 Å². The molecule has 4 N–H and O–H groups in total. The van der Waals surface area contributed by atoms with Gasteiger partial charge in [0, 0.05) is 30.8 Å². The zero-order valence-corrected chi connectivity index (χ0v) is 15.1. The normalized spacial score (nSPS) is 18.9. The highest BCUT2D eigenvalue weighted by molar-refractivity contribution is 7.89. The number of amides is 1. The van der Waals surface area contributed by atoms with E-state index in [4.69, 9.17) is 5.73 Å². The summed E-state index contributed by atoms with van der Waals surface area (Å²) in [5.41, 5.74) is 5.92. The SMILES string of the molecule is NCCNS(=O)(=O)c1cccc(NC(=O)C2CC2c2ccc(F)cc2F)c1. The third kappa shape index (κ3) is 4.49. The maximum absolute atomic E-state index is 13.8. The van der Waals surface area contributed by atoms with Gasteiger partial charge in [-0.05, 0) is 42.2 Å². The molecule has 144 valence electrons. The molecule has 2 unspecified atom stereocenters. The van der Waals surface area contributed by atoms with Gasteiger partial charge in [0.05, 0.1) is 4.90 Å². The van der Waals surface area contributed by atoms with Crippen LogP contribution in [-0.4, -0.2) is 27.4 Å². The Hall–Kier alpha value is -2.36. The molecule has 1 aliphatic carbocycles. The van der Waals surface area contributed by atoms with Gasteiger partial charge in [0.15, 0.2) is 0 Å². The van der Waals surface area contributed by atoms with Crippen LogP contribution in [0, 0.1) is 17.6 Å². The van der Waals surface area contributed by atoms with Crippen molar-refractivity contribution in [3.8, 4) is 0 Å². The molecular weight excluding hydrogens is 376 g/mol. The van der Waals surface area contributed by atoms with Gasteiger partial charge in [-0.25, -0.2) is 21.9 Å². The Bertz CT molecular complexity index is 966. The number of hydrogen-bond acceptors (Lipinski definition) is 4. The van der Waals surface area contributed by atoms with Crippen LogP contribution in [0.5, 0.6) is 0 Å². The number of anilines is 1. The summed E-state index contributed by atoms with van der Waals surface area (Å²) >= 11 is 0. The minimum Gasteiger partial charge on any atom is -0.329 e. The topological polar surface area (TPSA) is 101 Å². The molecule has 0 heterocycles. The fraction of sp³-hybridized carbons (Fsp3) is 0.278. The molecule has 2 atom stereocenters. The van der Waals surface area contributed by atoms with E-state index in [0.717, 1.165) is 12.1 Å². The number of nitrogens with one attached hydrogen (secondary N) is 2. The number of rotatable bonds is 7.